The predicted molar refractivity (Wildman–Crippen MR) is 88.4 cm³/mol. The second-order valence-corrected chi connectivity index (χ2v) is 6.85. The van der Waals surface area contributed by atoms with Crippen LogP contribution in [-0.4, -0.2) is 66.9 Å². The van der Waals surface area contributed by atoms with Crippen molar-refractivity contribution in [3.8, 4) is 0 Å². The van der Waals surface area contributed by atoms with Gasteiger partial charge in [-0.3, -0.25) is 4.79 Å². The Morgan fingerprint density at radius 3 is 2.14 bits per heavy atom. The number of hydrogen-bond acceptors (Lipinski definition) is 2. The van der Waals surface area contributed by atoms with Gasteiger partial charge in [-0.05, 0) is 34.1 Å². The van der Waals surface area contributed by atoms with E-state index in [2.05, 4.69) is 31.9 Å². The van der Waals surface area contributed by atoms with Gasteiger partial charge in [0, 0.05) is 49.2 Å². The minimum absolute atomic E-state index is 0.00748. The van der Waals surface area contributed by atoms with E-state index in [1.54, 1.807) is 34.9 Å². The number of amides is 3. The van der Waals surface area contributed by atoms with E-state index in [0.29, 0.717) is 31.7 Å². The Balaban J connectivity index is 2.02. The number of carbonyl (C=O) groups is 2. The molecular formula is C14H17Br2N3O2. The second kappa shape index (κ2) is 6.79. The number of halogens is 2. The van der Waals surface area contributed by atoms with Crippen LogP contribution in [0.3, 0.4) is 0 Å². The fourth-order valence-corrected chi connectivity index (χ4v) is 3.43. The van der Waals surface area contributed by atoms with Crippen LogP contribution in [0.5, 0.6) is 0 Å². The fourth-order valence-electron chi connectivity index (χ4n) is 2.22. The molecule has 0 radical (unpaired) electrons. The van der Waals surface area contributed by atoms with Crippen molar-refractivity contribution in [2.45, 2.75) is 0 Å². The molecule has 1 aliphatic heterocycles. The van der Waals surface area contributed by atoms with Gasteiger partial charge in [0.25, 0.3) is 5.91 Å². The molecule has 0 N–H and O–H groups in total. The average molecular weight is 419 g/mol. The van der Waals surface area contributed by atoms with Crippen molar-refractivity contribution in [3.05, 3.63) is 32.7 Å². The molecule has 0 bridgehead atoms. The van der Waals surface area contributed by atoms with E-state index in [1.807, 2.05) is 12.1 Å². The SMILES string of the molecule is CN(C)C(=O)N1CCN(C(=O)c2ccc(Br)cc2Br)CC1. The van der Waals surface area contributed by atoms with Gasteiger partial charge in [-0.15, -0.1) is 0 Å². The Hall–Kier alpha value is -1.08. The average Bonchev–Trinajstić information content (AvgIpc) is 2.46. The number of hydrogen-bond donors (Lipinski definition) is 0. The van der Waals surface area contributed by atoms with Gasteiger partial charge < -0.3 is 14.7 Å². The maximum Gasteiger partial charge on any atom is 0.319 e. The summed E-state index contributed by atoms with van der Waals surface area (Å²) in [6.07, 6.45) is 0. The lowest BCUT2D eigenvalue weighted by Gasteiger charge is -2.36. The van der Waals surface area contributed by atoms with Gasteiger partial charge in [-0.2, -0.15) is 0 Å². The summed E-state index contributed by atoms with van der Waals surface area (Å²) in [5.41, 5.74) is 0.644. The molecule has 0 unspecified atom stereocenters. The number of carbonyl (C=O) groups excluding carboxylic acids is 2. The van der Waals surface area contributed by atoms with E-state index >= 15 is 0 Å². The Bertz CT molecular complexity index is 555. The van der Waals surface area contributed by atoms with Crippen molar-refractivity contribution in [3.63, 3.8) is 0 Å². The monoisotopic (exact) mass is 417 g/mol. The number of nitrogens with zero attached hydrogens (tertiary/aromatic N) is 3. The van der Waals surface area contributed by atoms with E-state index in [-0.39, 0.29) is 11.9 Å². The minimum Gasteiger partial charge on any atom is -0.335 e. The van der Waals surface area contributed by atoms with Gasteiger partial charge in [0.05, 0.1) is 5.56 Å². The number of benzene rings is 1. The van der Waals surface area contributed by atoms with E-state index in [4.69, 9.17) is 0 Å². The molecule has 1 aromatic rings. The molecule has 5 nitrogen and oxygen atoms in total. The summed E-state index contributed by atoms with van der Waals surface area (Å²) in [6.45, 7) is 2.25. The van der Waals surface area contributed by atoms with Gasteiger partial charge in [-0.1, -0.05) is 15.9 Å². The molecule has 1 saturated heterocycles. The molecule has 7 heteroatoms. The van der Waals surface area contributed by atoms with Gasteiger partial charge in [-0.25, -0.2) is 4.79 Å². The third kappa shape index (κ3) is 3.77. The first-order valence-corrected chi connectivity index (χ1v) is 8.19. The largest absolute Gasteiger partial charge is 0.335 e. The first-order chi connectivity index (χ1) is 9.90. The van der Waals surface area contributed by atoms with Crippen molar-refractivity contribution in [2.24, 2.45) is 0 Å². The number of urea groups is 1. The molecule has 1 heterocycles. The zero-order valence-corrected chi connectivity index (χ0v) is 15.1. The predicted octanol–water partition coefficient (Wildman–Crippen LogP) is 2.65. The van der Waals surface area contributed by atoms with E-state index in [9.17, 15) is 9.59 Å². The van der Waals surface area contributed by atoms with Crippen LogP contribution < -0.4 is 0 Å². The highest BCUT2D eigenvalue weighted by Gasteiger charge is 2.26. The van der Waals surface area contributed by atoms with Gasteiger partial charge in [0.1, 0.15) is 0 Å². The van der Waals surface area contributed by atoms with Crippen molar-refractivity contribution in [1.29, 1.82) is 0 Å². The summed E-state index contributed by atoms with van der Waals surface area (Å²) < 4.78 is 1.70. The Morgan fingerprint density at radius 1 is 1.05 bits per heavy atom. The molecule has 2 rings (SSSR count). The van der Waals surface area contributed by atoms with E-state index in [1.165, 1.54) is 0 Å². The van der Waals surface area contributed by atoms with Gasteiger partial charge in [0.15, 0.2) is 0 Å². The summed E-state index contributed by atoms with van der Waals surface area (Å²) >= 11 is 6.79. The van der Waals surface area contributed by atoms with Crippen LogP contribution >= 0.6 is 31.9 Å². The quantitative estimate of drug-likeness (QED) is 0.703. The standard InChI is InChI=1S/C14H17Br2N3O2/c1-17(2)14(21)19-7-5-18(6-8-19)13(20)11-4-3-10(15)9-12(11)16/h3-4,9H,5-8H2,1-2H3. The summed E-state index contributed by atoms with van der Waals surface area (Å²) in [5.74, 6) is -0.00803. The zero-order valence-electron chi connectivity index (χ0n) is 12.0. The van der Waals surface area contributed by atoms with Crippen LogP contribution in [0.2, 0.25) is 0 Å². The summed E-state index contributed by atoms with van der Waals surface area (Å²) in [5, 5.41) is 0. The Morgan fingerprint density at radius 2 is 1.62 bits per heavy atom. The normalized spacial score (nSPS) is 15.0. The molecule has 1 fully saturated rings. The van der Waals surface area contributed by atoms with E-state index in [0.717, 1.165) is 8.95 Å². The highest BCUT2D eigenvalue weighted by Crippen LogP contribution is 2.23. The van der Waals surface area contributed by atoms with Crippen LogP contribution in [-0.2, 0) is 0 Å². The van der Waals surface area contributed by atoms with Crippen molar-refractivity contribution < 1.29 is 9.59 Å². The highest BCUT2D eigenvalue weighted by molar-refractivity contribution is 9.11. The van der Waals surface area contributed by atoms with Gasteiger partial charge >= 0.3 is 6.03 Å². The Kier molecular flexibility index (Phi) is 5.27. The third-order valence-corrected chi connectivity index (χ3v) is 4.53. The van der Waals surface area contributed by atoms with Crippen molar-refractivity contribution in [1.82, 2.24) is 14.7 Å². The topological polar surface area (TPSA) is 43.9 Å². The fraction of sp³-hybridized carbons (Fsp3) is 0.429. The smallest absolute Gasteiger partial charge is 0.319 e. The molecule has 1 aliphatic rings. The zero-order chi connectivity index (χ0) is 15.6. The second-order valence-electron chi connectivity index (χ2n) is 5.08. The molecule has 114 valence electrons. The molecular weight excluding hydrogens is 402 g/mol. The molecule has 0 atom stereocenters. The Labute approximate surface area is 141 Å². The summed E-state index contributed by atoms with van der Waals surface area (Å²) in [7, 11) is 3.47. The maximum absolute atomic E-state index is 12.5. The lowest BCUT2D eigenvalue weighted by Crippen LogP contribution is -2.52. The maximum atomic E-state index is 12.5. The van der Waals surface area contributed by atoms with Crippen molar-refractivity contribution in [2.75, 3.05) is 40.3 Å². The number of rotatable bonds is 1. The van der Waals surface area contributed by atoms with Gasteiger partial charge in [0.2, 0.25) is 0 Å². The summed E-state index contributed by atoms with van der Waals surface area (Å²) in [6, 6.07) is 5.50. The van der Waals surface area contributed by atoms with Crippen LogP contribution in [0.4, 0.5) is 4.79 Å². The molecule has 0 saturated carbocycles. The van der Waals surface area contributed by atoms with Crippen LogP contribution in [0.15, 0.2) is 27.1 Å². The first kappa shape index (κ1) is 16.3. The van der Waals surface area contributed by atoms with Crippen LogP contribution in [0.1, 0.15) is 10.4 Å². The molecule has 0 aliphatic carbocycles. The third-order valence-electron chi connectivity index (χ3n) is 3.38. The number of piperazine rings is 1. The molecule has 1 aromatic carbocycles. The molecule has 0 aromatic heterocycles. The summed E-state index contributed by atoms with van der Waals surface area (Å²) in [4.78, 5) is 29.5. The van der Waals surface area contributed by atoms with E-state index < -0.39 is 0 Å². The molecule has 3 amide bonds. The molecule has 21 heavy (non-hydrogen) atoms. The lowest BCUT2D eigenvalue weighted by atomic mass is 10.2. The lowest BCUT2D eigenvalue weighted by molar-refractivity contribution is 0.0649. The molecule has 0 spiro atoms. The van der Waals surface area contributed by atoms with Crippen molar-refractivity contribution >= 4 is 43.8 Å². The van der Waals surface area contributed by atoms with Crippen LogP contribution in [0, 0.1) is 0 Å². The van der Waals surface area contributed by atoms with Crippen LogP contribution in [0.25, 0.3) is 0 Å². The first-order valence-electron chi connectivity index (χ1n) is 6.60. The minimum atomic E-state index is -0.00803. The highest BCUT2D eigenvalue weighted by atomic mass is 79.9.